The first-order chi connectivity index (χ1) is 10.9. The highest BCUT2D eigenvalue weighted by Crippen LogP contribution is 2.25. The van der Waals surface area contributed by atoms with Gasteiger partial charge in [0.15, 0.2) is 0 Å². The molecule has 120 valence electrons. The summed E-state index contributed by atoms with van der Waals surface area (Å²) in [5, 5.41) is 17.1. The number of hydrogen-bond donors (Lipinski definition) is 2. The van der Waals surface area contributed by atoms with E-state index >= 15 is 0 Å². The van der Waals surface area contributed by atoms with Crippen LogP contribution in [0.3, 0.4) is 0 Å². The van der Waals surface area contributed by atoms with Gasteiger partial charge in [-0.05, 0) is 31.2 Å². The number of carbonyl (C=O) groups is 1. The Morgan fingerprint density at radius 2 is 1.96 bits per heavy atom. The highest BCUT2D eigenvalue weighted by Gasteiger charge is 2.15. The molecular formula is C15H13Cl2N3O3. The zero-order chi connectivity index (χ0) is 17.0. The molecule has 0 bridgehead atoms. The lowest BCUT2D eigenvalue weighted by atomic mass is 10.2. The van der Waals surface area contributed by atoms with E-state index in [0.29, 0.717) is 21.4 Å². The van der Waals surface area contributed by atoms with Gasteiger partial charge in [-0.1, -0.05) is 29.3 Å². The predicted molar refractivity (Wildman–Crippen MR) is 91.3 cm³/mol. The van der Waals surface area contributed by atoms with Crippen LogP contribution in [0.4, 0.5) is 17.1 Å². The highest BCUT2D eigenvalue weighted by atomic mass is 35.5. The maximum absolute atomic E-state index is 12.2. The quantitative estimate of drug-likeness (QED) is 0.618. The van der Waals surface area contributed by atoms with Gasteiger partial charge >= 0.3 is 0 Å². The van der Waals surface area contributed by atoms with E-state index in [-0.39, 0.29) is 11.6 Å². The Morgan fingerprint density at radius 1 is 1.22 bits per heavy atom. The first-order valence-corrected chi connectivity index (χ1v) is 7.39. The van der Waals surface area contributed by atoms with Gasteiger partial charge in [0.25, 0.3) is 5.69 Å². The molecule has 0 aromatic heterocycles. The highest BCUT2D eigenvalue weighted by molar-refractivity contribution is 6.36. The monoisotopic (exact) mass is 353 g/mol. The molecule has 1 amide bonds. The van der Waals surface area contributed by atoms with E-state index in [9.17, 15) is 14.9 Å². The number of non-ortho nitro benzene ring substituents is 1. The van der Waals surface area contributed by atoms with Crippen LogP contribution in [0.1, 0.15) is 6.92 Å². The van der Waals surface area contributed by atoms with Crippen molar-refractivity contribution in [3.63, 3.8) is 0 Å². The summed E-state index contributed by atoms with van der Waals surface area (Å²) in [5.74, 6) is -0.333. The van der Waals surface area contributed by atoms with E-state index in [0.717, 1.165) is 0 Å². The second kappa shape index (κ2) is 7.30. The topological polar surface area (TPSA) is 84.3 Å². The Labute approximate surface area is 142 Å². The van der Waals surface area contributed by atoms with E-state index < -0.39 is 11.0 Å². The van der Waals surface area contributed by atoms with Crippen LogP contribution >= 0.6 is 23.2 Å². The lowest BCUT2D eigenvalue weighted by molar-refractivity contribution is -0.384. The van der Waals surface area contributed by atoms with Crippen LogP contribution in [0.2, 0.25) is 10.0 Å². The van der Waals surface area contributed by atoms with Gasteiger partial charge in [0.1, 0.15) is 6.04 Å². The average Bonchev–Trinajstić information content (AvgIpc) is 2.50. The number of amides is 1. The molecule has 0 radical (unpaired) electrons. The Bertz CT molecular complexity index is 752. The van der Waals surface area contributed by atoms with Gasteiger partial charge < -0.3 is 10.6 Å². The summed E-state index contributed by atoms with van der Waals surface area (Å²) in [7, 11) is 0. The third-order valence-electron chi connectivity index (χ3n) is 3.02. The molecule has 0 heterocycles. The van der Waals surface area contributed by atoms with Gasteiger partial charge in [0.05, 0.1) is 15.6 Å². The SMILES string of the molecule is C[C@@H](Nc1cccc([N+](=O)[O-])c1)C(=O)Nc1ccc(Cl)cc1Cl. The van der Waals surface area contributed by atoms with Gasteiger partial charge in [-0.15, -0.1) is 0 Å². The van der Waals surface area contributed by atoms with Crippen molar-refractivity contribution in [1.29, 1.82) is 0 Å². The zero-order valence-electron chi connectivity index (χ0n) is 12.0. The third kappa shape index (κ3) is 4.58. The minimum absolute atomic E-state index is 0.0525. The maximum Gasteiger partial charge on any atom is 0.271 e. The molecule has 2 aromatic carbocycles. The predicted octanol–water partition coefficient (Wildman–Crippen LogP) is 4.34. The summed E-state index contributed by atoms with van der Waals surface area (Å²) < 4.78 is 0. The molecule has 2 N–H and O–H groups in total. The molecule has 23 heavy (non-hydrogen) atoms. The third-order valence-corrected chi connectivity index (χ3v) is 3.57. The first kappa shape index (κ1) is 17.1. The second-order valence-corrected chi connectivity index (χ2v) is 5.63. The van der Waals surface area contributed by atoms with Crippen molar-refractivity contribution in [3.05, 3.63) is 62.6 Å². The minimum atomic E-state index is -0.622. The zero-order valence-corrected chi connectivity index (χ0v) is 13.6. The Kier molecular flexibility index (Phi) is 5.41. The van der Waals surface area contributed by atoms with Crippen LogP contribution in [0.25, 0.3) is 0 Å². The van der Waals surface area contributed by atoms with Crippen LogP contribution in [-0.4, -0.2) is 16.9 Å². The molecule has 0 saturated heterocycles. The molecule has 2 rings (SSSR count). The fourth-order valence-corrected chi connectivity index (χ4v) is 2.31. The van der Waals surface area contributed by atoms with Crippen molar-refractivity contribution in [2.24, 2.45) is 0 Å². The molecule has 2 aromatic rings. The van der Waals surface area contributed by atoms with Crippen LogP contribution in [0, 0.1) is 10.1 Å². The molecule has 0 unspecified atom stereocenters. The maximum atomic E-state index is 12.2. The Hall–Kier alpha value is -2.31. The summed E-state index contributed by atoms with van der Waals surface area (Å²) in [5.41, 5.74) is 0.862. The fourth-order valence-electron chi connectivity index (χ4n) is 1.86. The molecule has 8 heteroatoms. The largest absolute Gasteiger partial charge is 0.374 e. The van der Waals surface area contributed by atoms with Crippen LogP contribution in [0.5, 0.6) is 0 Å². The number of benzene rings is 2. The number of halogens is 2. The lowest BCUT2D eigenvalue weighted by Gasteiger charge is -2.16. The van der Waals surface area contributed by atoms with E-state index in [1.807, 2.05) is 0 Å². The van der Waals surface area contributed by atoms with Crippen LogP contribution in [-0.2, 0) is 4.79 Å². The molecule has 0 spiro atoms. The van der Waals surface area contributed by atoms with Gasteiger partial charge in [-0.3, -0.25) is 14.9 Å². The summed E-state index contributed by atoms with van der Waals surface area (Å²) in [4.78, 5) is 22.4. The number of nitrogens with zero attached hydrogens (tertiary/aromatic N) is 1. The molecule has 0 saturated carbocycles. The van der Waals surface area contributed by atoms with E-state index in [1.165, 1.54) is 18.2 Å². The molecular weight excluding hydrogens is 341 g/mol. The van der Waals surface area contributed by atoms with Crippen LogP contribution in [0.15, 0.2) is 42.5 Å². The number of nitro benzene ring substituents is 1. The van der Waals surface area contributed by atoms with Gasteiger partial charge in [-0.2, -0.15) is 0 Å². The van der Waals surface area contributed by atoms with Gasteiger partial charge in [0, 0.05) is 22.8 Å². The first-order valence-electron chi connectivity index (χ1n) is 6.63. The van der Waals surface area contributed by atoms with E-state index in [4.69, 9.17) is 23.2 Å². The smallest absolute Gasteiger partial charge is 0.271 e. The van der Waals surface area contributed by atoms with Crippen molar-refractivity contribution in [2.75, 3.05) is 10.6 Å². The Morgan fingerprint density at radius 3 is 2.61 bits per heavy atom. The molecule has 6 nitrogen and oxygen atoms in total. The van der Waals surface area contributed by atoms with E-state index in [1.54, 1.807) is 31.2 Å². The molecule has 0 aliphatic carbocycles. The summed E-state index contributed by atoms with van der Waals surface area (Å²) in [6, 6.07) is 10.0. The van der Waals surface area contributed by atoms with Crippen LogP contribution < -0.4 is 10.6 Å². The van der Waals surface area contributed by atoms with Crippen molar-refractivity contribution in [1.82, 2.24) is 0 Å². The summed E-state index contributed by atoms with van der Waals surface area (Å²) >= 11 is 11.8. The number of nitro groups is 1. The Balaban J connectivity index is 2.05. The fraction of sp³-hybridized carbons (Fsp3) is 0.133. The number of carbonyl (C=O) groups excluding carboxylic acids is 1. The van der Waals surface area contributed by atoms with Crippen molar-refractivity contribution < 1.29 is 9.72 Å². The minimum Gasteiger partial charge on any atom is -0.374 e. The lowest BCUT2D eigenvalue weighted by Crippen LogP contribution is -2.31. The average molecular weight is 354 g/mol. The summed E-state index contributed by atoms with van der Waals surface area (Å²) in [6.07, 6.45) is 0. The van der Waals surface area contributed by atoms with Crippen molar-refractivity contribution in [2.45, 2.75) is 13.0 Å². The van der Waals surface area contributed by atoms with E-state index in [2.05, 4.69) is 10.6 Å². The van der Waals surface area contributed by atoms with Crippen molar-refractivity contribution in [3.8, 4) is 0 Å². The molecule has 0 aliphatic heterocycles. The molecule has 1 atom stereocenters. The van der Waals surface area contributed by atoms with Gasteiger partial charge in [-0.25, -0.2) is 0 Å². The number of rotatable bonds is 5. The summed E-state index contributed by atoms with van der Waals surface area (Å²) in [6.45, 7) is 1.64. The molecule has 0 aliphatic rings. The molecule has 0 fully saturated rings. The normalized spacial score (nSPS) is 11.6. The van der Waals surface area contributed by atoms with Gasteiger partial charge in [0.2, 0.25) is 5.91 Å². The second-order valence-electron chi connectivity index (χ2n) is 4.79. The number of hydrogen-bond acceptors (Lipinski definition) is 4. The number of nitrogens with one attached hydrogen (secondary N) is 2. The van der Waals surface area contributed by atoms with Crippen molar-refractivity contribution >= 4 is 46.2 Å². The number of anilines is 2. The standard InChI is InChI=1S/C15H13Cl2N3O3/c1-9(18-11-3-2-4-12(8-11)20(22)23)15(21)19-14-6-5-10(16)7-13(14)17/h2-9,18H,1H3,(H,19,21)/t9-/m1/s1.